The van der Waals surface area contributed by atoms with Crippen LogP contribution in [0.25, 0.3) is 5.08 Å². The summed E-state index contributed by atoms with van der Waals surface area (Å²) < 4.78 is 4.83. The molecule has 1 rings (SSSR count). The number of rotatable bonds is 5. The van der Waals surface area contributed by atoms with E-state index >= 15 is 0 Å². The van der Waals surface area contributed by atoms with Gasteiger partial charge in [-0.15, -0.1) is 0 Å². The number of aromatic nitrogens is 1. The molecule has 0 spiro atoms. The van der Waals surface area contributed by atoms with Gasteiger partial charge in [-0.1, -0.05) is 13.8 Å². The number of diazo groups is 1. The highest BCUT2D eigenvalue weighted by Gasteiger charge is 2.25. The van der Waals surface area contributed by atoms with Crippen molar-refractivity contribution in [1.82, 2.24) is 15.3 Å². The van der Waals surface area contributed by atoms with Gasteiger partial charge in [0, 0.05) is 24.5 Å². The highest BCUT2D eigenvalue weighted by atomic mass is 16.5. The molecule has 8 nitrogen and oxygen atoms in total. The number of ether oxygens (including phenoxy) is 1. The number of aromatic amines is 1. The second-order valence-electron chi connectivity index (χ2n) is 4.62. The lowest BCUT2D eigenvalue weighted by Gasteiger charge is -2.08. The van der Waals surface area contributed by atoms with E-state index in [9.17, 15) is 9.59 Å². The van der Waals surface area contributed by atoms with Gasteiger partial charge >= 0.3 is 11.1 Å². The van der Waals surface area contributed by atoms with Crippen molar-refractivity contribution in [2.75, 3.05) is 13.7 Å². The summed E-state index contributed by atoms with van der Waals surface area (Å²) in [5, 5.41) is 15.2. The van der Waals surface area contributed by atoms with Crippen molar-refractivity contribution < 1.29 is 9.53 Å². The first-order valence-electron chi connectivity index (χ1n) is 6.14. The van der Waals surface area contributed by atoms with Crippen LogP contribution in [0.1, 0.15) is 19.5 Å². The summed E-state index contributed by atoms with van der Waals surface area (Å²) in [6.07, 6.45) is 1.39. The number of nitrogens with one attached hydrogen (secondary N) is 2. The van der Waals surface area contributed by atoms with Crippen LogP contribution in [-0.2, 0) is 6.54 Å². The second-order valence-corrected chi connectivity index (χ2v) is 4.62. The zero-order valence-electron chi connectivity index (χ0n) is 11.7. The lowest BCUT2D eigenvalue weighted by Crippen LogP contribution is -2.37. The maximum atomic E-state index is 11.7. The van der Waals surface area contributed by atoms with E-state index in [1.807, 2.05) is 13.8 Å². The van der Waals surface area contributed by atoms with E-state index in [1.165, 1.54) is 19.4 Å². The van der Waals surface area contributed by atoms with Crippen molar-refractivity contribution in [2.24, 2.45) is 5.92 Å². The molecule has 0 aliphatic carbocycles. The molecular weight excluding hydrogens is 262 g/mol. The van der Waals surface area contributed by atoms with E-state index in [0.717, 1.165) is 5.01 Å². The van der Waals surface area contributed by atoms with E-state index in [2.05, 4.69) is 15.4 Å². The highest BCUT2D eigenvalue weighted by molar-refractivity contribution is 5.74. The Labute approximate surface area is 116 Å². The van der Waals surface area contributed by atoms with Crippen LogP contribution >= 0.6 is 0 Å². The summed E-state index contributed by atoms with van der Waals surface area (Å²) in [5.41, 5.74) is 0.107. The van der Waals surface area contributed by atoms with Crippen molar-refractivity contribution >= 4 is 6.03 Å². The molecule has 0 aromatic carbocycles. The zero-order chi connectivity index (χ0) is 15.1. The van der Waals surface area contributed by atoms with Gasteiger partial charge in [0.25, 0.3) is 5.39 Å². The molecule has 108 valence electrons. The number of H-pyrrole nitrogens is 1. The molecule has 0 bridgehead atoms. The van der Waals surface area contributed by atoms with Gasteiger partial charge in [-0.25, -0.2) is 4.79 Å². The lowest BCUT2D eigenvalue weighted by molar-refractivity contribution is 0.210. The van der Waals surface area contributed by atoms with Gasteiger partial charge in [-0.2, -0.15) is 0 Å². The highest BCUT2D eigenvalue weighted by Crippen LogP contribution is 2.05. The molecule has 0 aliphatic heterocycles. The summed E-state index contributed by atoms with van der Waals surface area (Å²) in [7, 11) is 1.39. The Morgan fingerprint density at radius 3 is 2.80 bits per heavy atom. The number of carbonyl (C=O) groups is 1. The van der Waals surface area contributed by atoms with E-state index < -0.39 is 6.03 Å². The van der Waals surface area contributed by atoms with E-state index in [-0.39, 0.29) is 23.6 Å². The van der Waals surface area contributed by atoms with E-state index in [4.69, 9.17) is 10.1 Å². The maximum Gasteiger partial charge on any atom is 0.390 e. The summed E-state index contributed by atoms with van der Waals surface area (Å²) in [6, 6.07) is 0.741. The Morgan fingerprint density at radius 2 is 2.30 bits per heavy atom. The molecule has 0 radical (unpaired) electrons. The fourth-order valence-electron chi connectivity index (χ4n) is 1.44. The van der Waals surface area contributed by atoms with Crippen LogP contribution in [0.15, 0.2) is 17.1 Å². The van der Waals surface area contributed by atoms with Gasteiger partial charge in [-0.3, -0.25) is 4.79 Å². The van der Waals surface area contributed by atoms with Crippen molar-refractivity contribution in [3.05, 3.63) is 33.3 Å². The Morgan fingerprint density at radius 1 is 1.60 bits per heavy atom. The molecule has 0 atom stereocenters. The van der Waals surface area contributed by atoms with Crippen LogP contribution in [0.2, 0.25) is 0 Å². The van der Waals surface area contributed by atoms with Gasteiger partial charge in [-0.05, 0) is 5.92 Å². The van der Waals surface area contributed by atoms with Crippen LogP contribution in [0.5, 0.6) is 5.75 Å². The summed E-state index contributed by atoms with van der Waals surface area (Å²) in [5.74, 6) is 0.450. The van der Waals surface area contributed by atoms with Crippen LogP contribution in [0, 0.1) is 11.3 Å². The fraction of sp³-hybridized carbons (Fsp3) is 0.500. The minimum absolute atomic E-state index is 0.0559. The molecule has 0 unspecified atom stereocenters. The van der Waals surface area contributed by atoms with Crippen molar-refractivity contribution in [3.63, 3.8) is 0 Å². The standard InChI is InChI=1S/C12H17N5O3/c1-8(2)5-15-12(19)17(16-13)7-9-4-10(18)11(20-3)6-14-9/h4,6,8H,5,7H2,1-3H3,(H-,14,15,18,19)/p+1. The SMILES string of the molecule is COc1c[nH]c(CN([N+]#N)C(=O)NCC(C)C)cc1=O. The van der Waals surface area contributed by atoms with E-state index in [0.29, 0.717) is 12.2 Å². The van der Waals surface area contributed by atoms with Gasteiger partial charge in [0.05, 0.1) is 12.1 Å². The molecule has 20 heavy (non-hydrogen) atoms. The van der Waals surface area contributed by atoms with Gasteiger partial charge < -0.3 is 15.0 Å². The third-order valence-electron chi connectivity index (χ3n) is 2.48. The van der Waals surface area contributed by atoms with Crippen LogP contribution in [0.3, 0.4) is 0 Å². The minimum atomic E-state index is -0.544. The lowest BCUT2D eigenvalue weighted by atomic mass is 10.2. The van der Waals surface area contributed by atoms with Gasteiger partial charge in [0.1, 0.15) is 6.54 Å². The number of amides is 2. The average molecular weight is 280 g/mol. The van der Waals surface area contributed by atoms with E-state index in [1.54, 1.807) is 0 Å². The molecule has 2 amide bonds. The Balaban J connectivity index is 2.74. The largest absolute Gasteiger partial charge is 0.491 e. The van der Waals surface area contributed by atoms with Crippen molar-refractivity contribution in [2.45, 2.75) is 20.4 Å². The number of nitrogens with zero attached hydrogens (tertiary/aromatic N) is 3. The van der Waals surface area contributed by atoms with Gasteiger partial charge in [0.2, 0.25) is 5.43 Å². The number of hydrogen-bond donors (Lipinski definition) is 2. The predicted octanol–water partition coefficient (Wildman–Crippen LogP) is 1.32. The number of pyridine rings is 1. The quantitative estimate of drug-likeness (QED) is 0.627. The third-order valence-corrected chi connectivity index (χ3v) is 2.48. The first-order valence-corrected chi connectivity index (χ1v) is 6.14. The molecule has 2 N–H and O–H groups in total. The number of methoxy groups -OCH3 is 1. The minimum Gasteiger partial charge on any atom is -0.491 e. The number of hydrogen-bond acceptors (Lipinski definition) is 4. The molecular formula is C12H18N5O3+. The first-order chi connectivity index (χ1) is 9.47. The average Bonchev–Trinajstić information content (AvgIpc) is 2.42. The van der Waals surface area contributed by atoms with Crippen LogP contribution < -0.4 is 15.5 Å². The molecule has 0 saturated carbocycles. The third kappa shape index (κ3) is 4.28. The Kier molecular flexibility index (Phi) is 5.53. The second kappa shape index (κ2) is 7.13. The summed E-state index contributed by atoms with van der Waals surface area (Å²) in [4.78, 5) is 26.1. The molecule has 1 aromatic heterocycles. The van der Waals surface area contributed by atoms with Crippen molar-refractivity contribution in [3.8, 4) is 5.75 Å². The maximum absolute atomic E-state index is 11.7. The molecule has 0 fully saturated rings. The Hall–Kier alpha value is -2.56. The first kappa shape index (κ1) is 15.5. The zero-order valence-corrected chi connectivity index (χ0v) is 11.7. The Bertz CT molecular complexity index is 561. The number of carbonyl (C=O) groups excluding carboxylic acids is 1. The molecule has 0 aliphatic rings. The topological polar surface area (TPSA) is 103 Å². The molecule has 0 saturated heterocycles. The molecule has 8 heteroatoms. The smallest absolute Gasteiger partial charge is 0.390 e. The van der Waals surface area contributed by atoms with Gasteiger partial charge in [0.15, 0.2) is 5.75 Å². The monoisotopic (exact) mass is 280 g/mol. The number of urea groups is 1. The fourth-order valence-corrected chi connectivity index (χ4v) is 1.44. The summed E-state index contributed by atoms with van der Waals surface area (Å²) >= 11 is 0. The molecule has 1 aromatic rings. The van der Waals surface area contributed by atoms with Crippen molar-refractivity contribution in [1.29, 1.82) is 5.39 Å². The summed E-state index contributed by atoms with van der Waals surface area (Å²) in [6.45, 7) is 4.30. The normalized spacial score (nSPS) is 9.95. The molecule has 1 heterocycles. The predicted molar refractivity (Wildman–Crippen MR) is 72.5 cm³/mol. The van der Waals surface area contributed by atoms with Crippen LogP contribution in [0.4, 0.5) is 4.79 Å². The van der Waals surface area contributed by atoms with Crippen LogP contribution in [-0.4, -0.2) is 29.7 Å².